The Labute approximate surface area is 99.4 Å². The third-order valence-electron chi connectivity index (χ3n) is 2.11. The molecule has 0 bridgehead atoms. The molecule has 0 amide bonds. The Balaban J connectivity index is 2.96. The first-order valence-corrected chi connectivity index (χ1v) is 6.87. The molecular formula is C11H20Br2. The molecule has 0 unspecified atom stereocenters. The van der Waals surface area contributed by atoms with E-state index in [1.165, 1.54) is 51.4 Å². The molecule has 0 fully saturated rings. The minimum absolute atomic E-state index is 1.09. The molecule has 0 aromatic heterocycles. The summed E-state index contributed by atoms with van der Waals surface area (Å²) in [7, 11) is 0. The van der Waals surface area contributed by atoms with Crippen molar-refractivity contribution in [1.82, 2.24) is 0 Å². The lowest BCUT2D eigenvalue weighted by molar-refractivity contribution is 0.592. The maximum Gasteiger partial charge on any atom is 0.0564 e. The van der Waals surface area contributed by atoms with Crippen LogP contribution in [0.5, 0.6) is 0 Å². The molecule has 0 aliphatic carbocycles. The predicted octanol–water partition coefficient (Wildman–Crippen LogP) is 5.76. The van der Waals surface area contributed by atoms with Crippen molar-refractivity contribution in [2.24, 2.45) is 0 Å². The molecule has 0 saturated heterocycles. The quantitative estimate of drug-likeness (QED) is 0.500. The fraction of sp³-hybridized carbons (Fsp3) is 0.818. The standard InChI is InChI=1S/C11H20Br2/c1-2-3-4-5-6-7-8-9-10-11(12)13/h10H,2-9H2,1H3. The van der Waals surface area contributed by atoms with E-state index in [2.05, 4.69) is 44.9 Å². The zero-order valence-electron chi connectivity index (χ0n) is 8.49. The molecule has 0 atom stereocenters. The van der Waals surface area contributed by atoms with Crippen molar-refractivity contribution in [3.05, 3.63) is 9.47 Å². The first kappa shape index (κ1) is 13.7. The van der Waals surface area contributed by atoms with Crippen LogP contribution >= 0.6 is 31.9 Å². The van der Waals surface area contributed by atoms with Crippen molar-refractivity contribution < 1.29 is 0 Å². The topological polar surface area (TPSA) is 0 Å². The lowest BCUT2D eigenvalue weighted by atomic mass is 10.1. The van der Waals surface area contributed by atoms with Crippen molar-refractivity contribution in [1.29, 1.82) is 0 Å². The summed E-state index contributed by atoms with van der Waals surface area (Å²) in [6.45, 7) is 2.26. The monoisotopic (exact) mass is 310 g/mol. The molecule has 0 heterocycles. The summed E-state index contributed by atoms with van der Waals surface area (Å²) in [4.78, 5) is 0. The van der Waals surface area contributed by atoms with E-state index in [9.17, 15) is 0 Å². The predicted molar refractivity (Wildman–Crippen MR) is 68.5 cm³/mol. The van der Waals surface area contributed by atoms with Gasteiger partial charge in [0.15, 0.2) is 0 Å². The molecule has 0 saturated carbocycles. The van der Waals surface area contributed by atoms with Crippen molar-refractivity contribution in [3.8, 4) is 0 Å². The zero-order chi connectivity index (χ0) is 9.94. The van der Waals surface area contributed by atoms with Crippen LogP contribution in [0.1, 0.15) is 58.3 Å². The average molecular weight is 312 g/mol. The van der Waals surface area contributed by atoms with E-state index in [1.54, 1.807) is 0 Å². The second-order valence-corrected chi connectivity index (χ2v) is 6.18. The van der Waals surface area contributed by atoms with Crippen LogP contribution in [0, 0.1) is 0 Å². The third-order valence-corrected chi connectivity index (χ3v) is 2.75. The van der Waals surface area contributed by atoms with E-state index in [0.717, 1.165) is 3.39 Å². The SMILES string of the molecule is CCCCCCCCCC=C(Br)Br. The summed E-state index contributed by atoms with van der Waals surface area (Å²) in [5, 5.41) is 0. The molecule has 78 valence electrons. The summed E-state index contributed by atoms with van der Waals surface area (Å²) < 4.78 is 1.09. The molecule has 0 N–H and O–H groups in total. The Bertz CT molecular complexity index is 126. The van der Waals surface area contributed by atoms with Crippen LogP contribution < -0.4 is 0 Å². The van der Waals surface area contributed by atoms with E-state index in [-0.39, 0.29) is 0 Å². The maximum atomic E-state index is 3.36. The minimum atomic E-state index is 1.09. The highest BCUT2D eigenvalue weighted by molar-refractivity contribution is 9.28. The molecule has 0 spiro atoms. The minimum Gasteiger partial charge on any atom is -0.0654 e. The van der Waals surface area contributed by atoms with Gasteiger partial charge in [0.25, 0.3) is 0 Å². The number of rotatable bonds is 8. The Morgan fingerprint density at radius 2 is 1.46 bits per heavy atom. The Kier molecular flexibility index (Phi) is 11.4. The smallest absolute Gasteiger partial charge is 0.0564 e. The highest BCUT2D eigenvalue weighted by Crippen LogP contribution is 2.15. The third kappa shape index (κ3) is 12.7. The van der Waals surface area contributed by atoms with Gasteiger partial charge in [-0.25, -0.2) is 0 Å². The molecule has 13 heavy (non-hydrogen) atoms. The van der Waals surface area contributed by atoms with E-state index in [4.69, 9.17) is 0 Å². The summed E-state index contributed by atoms with van der Waals surface area (Å²) in [5.41, 5.74) is 0. The number of allylic oxidation sites excluding steroid dienone is 1. The van der Waals surface area contributed by atoms with Crippen molar-refractivity contribution in [2.75, 3.05) is 0 Å². The normalized spacial score (nSPS) is 10.1. The van der Waals surface area contributed by atoms with Gasteiger partial charge in [0, 0.05) is 0 Å². The first-order valence-electron chi connectivity index (χ1n) is 5.28. The molecule has 0 aromatic carbocycles. The van der Waals surface area contributed by atoms with Gasteiger partial charge in [-0.3, -0.25) is 0 Å². The van der Waals surface area contributed by atoms with Gasteiger partial charge in [0.05, 0.1) is 3.39 Å². The van der Waals surface area contributed by atoms with Crippen LogP contribution in [-0.4, -0.2) is 0 Å². The summed E-state index contributed by atoms with van der Waals surface area (Å²) >= 11 is 6.71. The maximum absolute atomic E-state index is 3.36. The molecule has 0 aliphatic heterocycles. The van der Waals surface area contributed by atoms with Gasteiger partial charge >= 0.3 is 0 Å². The van der Waals surface area contributed by atoms with Crippen LogP contribution in [0.2, 0.25) is 0 Å². The zero-order valence-corrected chi connectivity index (χ0v) is 11.7. The second kappa shape index (κ2) is 10.8. The van der Waals surface area contributed by atoms with Crippen LogP contribution in [-0.2, 0) is 0 Å². The molecule has 0 aromatic rings. The van der Waals surface area contributed by atoms with Gasteiger partial charge in [-0.15, -0.1) is 0 Å². The Morgan fingerprint density at radius 1 is 0.923 bits per heavy atom. The lowest BCUT2D eigenvalue weighted by Gasteiger charge is -1.98. The van der Waals surface area contributed by atoms with Gasteiger partial charge in [0.2, 0.25) is 0 Å². The summed E-state index contributed by atoms with van der Waals surface area (Å²) in [5.74, 6) is 0. The number of hydrogen-bond acceptors (Lipinski definition) is 0. The Hall–Kier alpha value is 0.700. The van der Waals surface area contributed by atoms with Crippen molar-refractivity contribution in [2.45, 2.75) is 58.3 Å². The van der Waals surface area contributed by atoms with Crippen molar-refractivity contribution >= 4 is 31.9 Å². The van der Waals surface area contributed by atoms with Crippen molar-refractivity contribution in [3.63, 3.8) is 0 Å². The van der Waals surface area contributed by atoms with Crippen LogP contribution in [0.4, 0.5) is 0 Å². The van der Waals surface area contributed by atoms with E-state index < -0.39 is 0 Å². The second-order valence-electron chi connectivity index (χ2n) is 3.40. The lowest BCUT2D eigenvalue weighted by Crippen LogP contribution is -1.78. The van der Waals surface area contributed by atoms with Gasteiger partial charge < -0.3 is 0 Å². The molecule has 2 heteroatoms. The highest BCUT2D eigenvalue weighted by atomic mass is 79.9. The fourth-order valence-corrected chi connectivity index (χ4v) is 1.77. The van der Waals surface area contributed by atoms with Crippen LogP contribution in [0.3, 0.4) is 0 Å². The first-order chi connectivity index (χ1) is 6.27. The number of hydrogen-bond donors (Lipinski definition) is 0. The summed E-state index contributed by atoms with van der Waals surface area (Å²) in [6.07, 6.45) is 13.1. The van der Waals surface area contributed by atoms with E-state index >= 15 is 0 Å². The molecule has 0 nitrogen and oxygen atoms in total. The van der Waals surface area contributed by atoms with Gasteiger partial charge in [-0.1, -0.05) is 51.5 Å². The number of halogens is 2. The molecule has 0 radical (unpaired) electrons. The number of unbranched alkanes of at least 4 members (excludes halogenated alkanes) is 7. The van der Waals surface area contributed by atoms with Crippen LogP contribution in [0.25, 0.3) is 0 Å². The molecule has 0 aliphatic rings. The van der Waals surface area contributed by atoms with E-state index in [1.807, 2.05) is 0 Å². The van der Waals surface area contributed by atoms with Crippen LogP contribution in [0.15, 0.2) is 9.47 Å². The molecular weight excluding hydrogens is 292 g/mol. The largest absolute Gasteiger partial charge is 0.0654 e. The highest BCUT2D eigenvalue weighted by Gasteiger charge is 1.89. The fourth-order valence-electron chi connectivity index (χ4n) is 1.31. The van der Waals surface area contributed by atoms with Gasteiger partial charge in [-0.2, -0.15) is 0 Å². The van der Waals surface area contributed by atoms with Gasteiger partial charge in [0.1, 0.15) is 0 Å². The summed E-state index contributed by atoms with van der Waals surface area (Å²) in [6, 6.07) is 0. The Morgan fingerprint density at radius 3 is 2.00 bits per heavy atom. The van der Waals surface area contributed by atoms with Gasteiger partial charge in [-0.05, 0) is 44.7 Å². The van der Waals surface area contributed by atoms with E-state index in [0.29, 0.717) is 0 Å². The average Bonchev–Trinajstić information content (AvgIpc) is 2.09. The molecule has 0 rings (SSSR count).